The number of carbonyl (C=O) groups is 2. The molecule has 2 aromatic heterocycles. The maximum absolute atomic E-state index is 12.5. The lowest BCUT2D eigenvalue weighted by Gasteiger charge is -2.19. The molecule has 1 amide bonds. The van der Waals surface area contributed by atoms with Crippen molar-refractivity contribution in [3.8, 4) is 0 Å². The third-order valence-corrected chi connectivity index (χ3v) is 7.71. The van der Waals surface area contributed by atoms with Gasteiger partial charge in [0.2, 0.25) is 0 Å². The Morgan fingerprint density at radius 1 is 0.978 bits per heavy atom. The Bertz CT molecular complexity index is 1530. The van der Waals surface area contributed by atoms with E-state index in [-0.39, 0.29) is 11.5 Å². The number of benzene rings is 2. The van der Waals surface area contributed by atoms with Crippen LogP contribution in [0, 0.1) is 6.92 Å². The van der Waals surface area contributed by atoms with Gasteiger partial charge >= 0.3 is 6.18 Å². The van der Waals surface area contributed by atoms with Gasteiger partial charge in [-0.15, -0.1) is 0 Å². The summed E-state index contributed by atoms with van der Waals surface area (Å²) in [6.07, 6.45) is -0.756. The molecule has 0 aliphatic heterocycles. The van der Waals surface area contributed by atoms with E-state index < -0.39 is 11.7 Å². The molecule has 9 nitrogen and oxygen atoms in total. The smallest absolute Gasteiger partial charge is 0.388 e. The molecule has 0 fully saturated rings. The fraction of sp³-hybridized carbons (Fsp3) is 0.333. The monoisotopic (exact) mass is 657 g/mol. The van der Waals surface area contributed by atoms with Crippen LogP contribution in [-0.4, -0.2) is 67.8 Å². The Hall–Kier alpha value is -4.49. The Morgan fingerprint density at radius 2 is 1.70 bits per heavy atom. The van der Waals surface area contributed by atoms with Gasteiger partial charge in [0, 0.05) is 49.5 Å². The lowest BCUT2D eigenvalue weighted by molar-refractivity contribution is -0.137. The number of aryl methyl sites for hydroxylation is 1. The molecular formula is C33H42F3N7O2S. The first kappa shape index (κ1) is 37.7. The molecule has 0 aliphatic carbocycles. The van der Waals surface area contributed by atoms with Crippen LogP contribution in [0.5, 0.6) is 0 Å². The second kappa shape index (κ2) is 18.5. The summed E-state index contributed by atoms with van der Waals surface area (Å²) in [5, 5.41) is 9.69. The molecule has 0 unspecified atom stereocenters. The second-order valence-corrected chi connectivity index (χ2v) is 11.1. The van der Waals surface area contributed by atoms with Crippen LogP contribution in [0.1, 0.15) is 51.9 Å². The molecule has 4 aromatic rings. The molecule has 0 radical (unpaired) electrons. The average Bonchev–Trinajstić information content (AvgIpc) is 3.54. The molecule has 13 heteroatoms. The zero-order chi connectivity index (χ0) is 34.3. The summed E-state index contributed by atoms with van der Waals surface area (Å²) in [6, 6.07) is 14.7. The van der Waals surface area contributed by atoms with E-state index in [1.165, 1.54) is 17.4 Å². The highest BCUT2D eigenvalue weighted by molar-refractivity contribution is 7.17. The van der Waals surface area contributed by atoms with Crippen molar-refractivity contribution in [1.82, 2.24) is 14.9 Å². The molecule has 248 valence electrons. The van der Waals surface area contributed by atoms with Crippen LogP contribution in [-0.2, 0) is 6.18 Å². The van der Waals surface area contributed by atoms with Gasteiger partial charge in [-0.3, -0.25) is 9.59 Å². The topological polar surface area (TPSA) is 102 Å². The minimum atomic E-state index is -4.43. The molecule has 0 spiro atoms. The SMILES string of the molecule is CCN(C)CC.CCN(C)c1cc(C=O)cc(C(F)(F)F)c1.CNc1ccc(C)c(NC(=O)c2cnc(Nc3ccccn3)s2)c1. The van der Waals surface area contributed by atoms with E-state index in [9.17, 15) is 22.8 Å². The van der Waals surface area contributed by atoms with Gasteiger partial charge in [-0.2, -0.15) is 13.2 Å². The Morgan fingerprint density at radius 3 is 2.24 bits per heavy atom. The van der Waals surface area contributed by atoms with Crippen molar-refractivity contribution in [2.24, 2.45) is 0 Å². The highest BCUT2D eigenvalue weighted by atomic mass is 32.1. The van der Waals surface area contributed by atoms with Crippen molar-refractivity contribution >= 4 is 51.5 Å². The quantitative estimate of drug-likeness (QED) is 0.149. The first-order valence-electron chi connectivity index (χ1n) is 14.7. The zero-order valence-corrected chi connectivity index (χ0v) is 28.0. The zero-order valence-electron chi connectivity index (χ0n) is 27.2. The highest BCUT2D eigenvalue weighted by Crippen LogP contribution is 2.32. The van der Waals surface area contributed by atoms with Crippen LogP contribution in [0.3, 0.4) is 0 Å². The van der Waals surface area contributed by atoms with E-state index >= 15 is 0 Å². The molecule has 4 rings (SSSR count). The summed E-state index contributed by atoms with van der Waals surface area (Å²) < 4.78 is 37.6. The van der Waals surface area contributed by atoms with Crippen molar-refractivity contribution in [2.45, 2.75) is 33.9 Å². The number of carbonyl (C=O) groups excluding carboxylic acids is 2. The Balaban J connectivity index is 0.000000288. The number of hydrogen-bond acceptors (Lipinski definition) is 9. The summed E-state index contributed by atoms with van der Waals surface area (Å²) in [6.45, 7) is 11.0. The third kappa shape index (κ3) is 12.1. The summed E-state index contributed by atoms with van der Waals surface area (Å²) >= 11 is 1.28. The fourth-order valence-corrected chi connectivity index (χ4v) is 4.29. The second-order valence-electron chi connectivity index (χ2n) is 10.0. The molecule has 2 heterocycles. The number of rotatable bonds is 10. The fourth-order valence-electron chi connectivity index (χ4n) is 3.57. The maximum Gasteiger partial charge on any atom is 0.416 e. The lowest BCUT2D eigenvalue weighted by atomic mass is 10.1. The lowest BCUT2D eigenvalue weighted by Crippen LogP contribution is -2.17. The van der Waals surface area contributed by atoms with E-state index in [0.29, 0.717) is 34.3 Å². The third-order valence-electron chi connectivity index (χ3n) is 6.80. The number of aromatic nitrogens is 2. The number of anilines is 5. The number of alkyl halides is 3. The highest BCUT2D eigenvalue weighted by Gasteiger charge is 2.31. The Labute approximate surface area is 272 Å². The van der Waals surface area contributed by atoms with Gasteiger partial charge in [-0.1, -0.05) is 37.3 Å². The van der Waals surface area contributed by atoms with E-state index in [4.69, 9.17) is 0 Å². The number of thiazole rings is 1. The van der Waals surface area contributed by atoms with Crippen LogP contribution in [0.15, 0.2) is 67.0 Å². The first-order chi connectivity index (χ1) is 21.8. The summed E-state index contributed by atoms with van der Waals surface area (Å²) in [5.74, 6) is 0.509. The molecule has 46 heavy (non-hydrogen) atoms. The number of hydrogen-bond donors (Lipinski definition) is 3. The summed E-state index contributed by atoms with van der Waals surface area (Å²) in [7, 11) is 5.62. The molecule has 0 saturated carbocycles. The van der Waals surface area contributed by atoms with Gasteiger partial charge in [0.25, 0.3) is 5.91 Å². The molecular weight excluding hydrogens is 615 g/mol. The molecule has 0 saturated heterocycles. The number of aldehydes is 1. The van der Waals surface area contributed by atoms with Crippen molar-refractivity contribution in [3.63, 3.8) is 0 Å². The van der Waals surface area contributed by atoms with Gasteiger partial charge in [0.1, 0.15) is 17.0 Å². The molecule has 0 aliphatic rings. The van der Waals surface area contributed by atoms with Gasteiger partial charge in [-0.25, -0.2) is 9.97 Å². The van der Waals surface area contributed by atoms with E-state index in [0.717, 1.165) is 42.2 Å². The van der Waals surface area contributed by atoms with Crippen LogP contribution in [0.2, 0.25) is 0 Å². The molecule has 0 bridgehead atoms. The molecule has 0 atom stereocenters. The van der Waals surface area contributed by atoms with Crippen LogP contribution < -0.4 is 20.9 Å². The van der Waals surface area contributed by atoms with Crippen molar-refractivity contribution in [2.75, 3.05) is 61.6 Å². The number of halogens is 3. The van der Waals surface area contributed by atoms with Gasteiger partial charge < -0.3 is 25.8 Å². The standard InChI is InChI=1S/C17H17N5OS.C11H12F3NO.C5H13N/c1-11-6-7-12(18-2)9-13(11)21-16(23)14-10-20-17(24-14)22-15-5-3-4-8-19-15;1-3-15(2)10-5-8(7-16)4-9(6-10)11(12,13)14;1-4-6(3)5-2/h3-10,18H,1-2H3,(H,21,23)(H,19,20,22);4-7H,3H2,1-2H3;4-5H2,1-3H3. The number of nitrogens with one attached hydrogen (secondary N) is 3. The van der Waals surface area contributed by atoms with Crippen LogP contribution >= 0.6 is 11.3 Å². The predicted octanol–water partition coefficient (Wildman–Crippen LogP) is 7.82. The largest absolute Gasteiger partial charge is 0.416 e. The van der Waals surface area contributed by atoms with Gasteiger partial charge in [0.15, 0.2) is 5.13 Å². The van der Waals surface area contributed by atoms with Crippen molar-refractivity contribution in [3.05, 3.63) is 88.6 Å². The van der Waals surface area contributed by atoms with Gasteiger partial charge in [-0.05, 0) is 82.0 Å². The number of nitrogens with zero attached hydrogens (tertiary/aromatic N) is 4. The minimum absolute atomic E-state index is 0.0325. The van der Waals surface area contributed by atoms with E-state index in [1.54, 1.807) is 24.3 Å². The van der Waals surface area contributed by atoms with Crippen LogP contribution in [0.4, 0.5) is 41.2 Å². The first-order valence-corrected chi connectivity index (χ1v) is 15.5. The summed E-state index contributed by atoms with van der Waals surface area (Å²) in [4.78, 5) is 35.8. The Kier molecular flexibility index (Phi) is 15.1. The molecule has 2 aromatic carbocycles. The maximum atomic E-state index is 12.5. The average molecular weight is 658 g/mol. The van der Waals surface area contributed by atoms with Crippen molar-refractivity contribution < 1.29 is 22.8 Å². The normalized spacial score (nSPS) is 10.6. The van der Waals surface area contributed by atoms with E-state index in [2.05, 4.69) is 51.7 Å². The number of pyridine rings is 1. The number of amides is 1. The van der Waals surface area contributed by atoms with Crippen molar-refractivity contribution in [1.29, 1.82) is 0 Å². The summed E-state index contributed by atoms with van der Waals surface area (Å²) in [5.41, 5.74) is 2.34. The van der Waals surface area contributed by atoms with Crippen LogP contribution in [0.25, 0.3) is 0 Å². The molecule has 3 N–H and O–H groups in total. The minimum Gasteiger partial charge on any atom is -0.388 e. The van der Waals surface area contributed by atoms with Gasteiger partial charge in [0.05, 0.1) is 11.8 Å². The van der Waals surface area contributed by atoms with E-state index in [1.807, 2.05) is 57.3 Å². The predicted molar refractivity (Wildman–Crippen MR) is 183 cm³/mol.